The van der Waals surface area contributed by atoms with Crippen LogP contribution in [0, 0.1) is 0 Å². The summed E-state index contributed by atoms with van der Waals surface area (Å²) in [4.78, 5) is 0. The van der Waals surface area contributed by atoms with E-state index in [9.17, 15) is 0 Å². The van der Waals surface area contributed by atoms with Gasteiger partial charge in [-0.05, 0) is 64.3 Å². The molecule has 1 aromatic carbocycles. The molecule has 0 saturated heterocycles. The van der Waals surface area contributed by atoms with Crippen molar-refractivity contribution in [2.45, 2.75) is 83.7 Å². The number of hydrogen-bond donors (Lipinski definition) is 0. The fraction of sp³-hybridized carbons (Fsp3) is 0.684. The molecule has 2 rings (SSSR count). The Kier molecular flexibility index (Phi) is 5.49. The van der Waals surface area contributed by atoms with Gasteiger partial charge in [-0.2, -0.15) is 0 Å². The van der Waals surface area contributed by atoms with Gasteiger partial charge in [-0.1, -0.05) is 53.0 Å². The van der Waals surface area contributed by atoms with Crippen molar-refractivity contribution in [1.29, 1.82) is 0 Å². The van der Waals surface area contributed by atoms with Crippen LogP contribution >= 0.6 is 15.9 Å². The first-order valence-electron chi connectivity index (χ1n) is 8.65. The van der Waals surface area contributed by atoms with Gasteiger partial charge in [0.2, 0.25) is 9.04 Å². The first-order chi connectivity index (χ1) is 10.1. The third-order valence-electron chi connectivity index (χ3n) is 4.83. The Labute approximate surface area is 146 Å². The zero-order valence-electron chi connectivity index (χ0n) is 15.1. The van der Waals surface area contributed by atoms with Crippen LogP contribution in [0.3, 0.4) is 0 Å². The minimum absolute atomic E-state index is 0.146. The van der Waals surface area contributed by atoms with Crippen LogP contribution in [0.1, 0.15) is 70.9 Å². The lowest BCUT2D eigenvalue weighted by molar-refractivity contribution is 0.307. The third kappa shape index (κ3) is 3.79. The molecule has 1 saturated carbocycles. The minimum atomic E-state index is -1.14. The van der Waals surface area contributed by atoms with E-state index in [-0.39, 0.29) is 10.8 Å². The molecule has 0 N–H and O–H groups in total. The number of rotatable bonds is 3. The van der Waals surface area contributed by atoms with Crippen LogP contribution in [-0.4, -0.2) is 9.04 Å². The summed E-state index contributed by atoms with van der Waals surface area (Å²) in [5, 5.41) is 0. The highest BCUT2D eigenvalue weighted by Crippen LogP contribution is 2.49. The summed E-state index contributed by atoms with van der Waals surface area (Å²) in [7, 11) is -1.14. The zero-order valence-corrected chi connectivity index (χ0v) is 17.8. The lowest BCUT2D eigenvalue weighted by Gasteiger charge is -2.40. The molecule has 124 valence electrons. The normalized spacial score (nSPS) is 18.5. The van der Waals surface area contributed by atoms with Crippen LogP contribution in [0.5, 0.6) is 5.75 Å². The van der Waals surface area contributed by atoms with Crippen LogP contribution in [0.4, 0.5) is 0 Å². The second-order valence-electron chi connectivity index (χ2n) is 8.34. The molecule has 0 radical (unpaired) electrons. The van der Waals surface area contributed by atoms with Gasteiger partial charge in [0.25, 0.3) is 0 Å². The van der Waals surface area contributed by atoms with Crippen molar-refractivity contribution in [3.63, 3.8) is 0 Å². The van der Waals surface area contributed by atoms with Gasteiger partial charge >= 0.3 is 0 Å². The fourth-order valence-electron chi connectivity index (χ4n) is 3.71. The highest BCUT2D eigenvalue weighted by Gasteiger charge is 2.37. The predicted octanol–water partition coefficient (Wildman–Crippen LogP) is 6.33. The van der Waals surface area contributed by atoms with Crippen LogP contribution in [-0.2, 0) is 10.8 Å². The summed E-state index contributed by atoms with van der Waals surface area (Å²) in [5.74, 6) is 1.14. The number of hydrogen-bond acceptors (Lipinski definition) is 1. The van der Waals surface area contributed by atoms with Crippen LogP contribution in [0.25, 0.3) is 0 Å². The van der Waals surface area contributed by atoms with Crippen molar-refractivity contribution in [2.75, 3.05) is 0 Å². The first kappa shape index (κ1) is 18.1. The average molecular weight is 383 g/mol. The standard InChI is InChI=1S/C19H31BrOSi/c1-18(2,3)14-10-11-15(20)17(21-22(5)6)16(14)19(4)12-8-7-9-13-19/h10-11,22H,7-9,12-13H2,1-6H3. The molecule has 0 aromatic heterocycles. The van der Waals surface area contributed by atoms with E-state index in [0.29, 0.717) is 0 Å². The number of halogens is 1. The first-order valence-corrected chi connectivity index (χ1v) is 12.2. The molecule has 3 heteroatoms. The van der Waals surface area contributed by atoms with Crippen LogP contribution in [0.2, 0.25) is 13.1 Å². The zero-order chi connectivity index (χ0) is 16.5. The van der Waals surface area contributed by atoms with Gasteiger partial charge in [-0.3, -0.25) is 0 Å². The molecule has 1 nitrogen and oxygen atoms in total. The Bertz CT molecular complexity index is 525. The topological polar surface area (TPSA) is 9.23 Å². The molecule has 1 aromatic rings. The smallest absolute Gasteiger partial charge is 0.229 e. The van der Waals surface area contributed by atoms with Gasteiger partial charge < -0.3 is 4.43 Å². The van der Waals surface area contributed by atoms with E-state index in [1.165, 1.54) is 43.2 Å². The highest BCUT2D eigenvalue weighted by atomic mass is 79.9. The maximum atomic E-state index is 6.42. The fourth-order valence-corrected chi connectivity index (χ4v) is 5.03. The molecule has 0 bridgehead atoms. The largest absolute Gasteiger partial charge is 0.546 e. The summed E-state index contributed by atoms with van der Waals surface area (Å²) in [6.45, 7) is 13.9. The predicted molar refractivity (Wildman–Crippen MR) is 103 cm³/mol. The second-order valence-corrected chi connectivity index (χ2v) is 11.5. The Morgan fingerprint density at radius 1 is 1.09 bits per heavy atom. The van der Waals surface area contributed by atoms with E-state index >= 15 is 0 Å². The molecular weight excluding hydrogens is 352 g/mol. The summed E-state index contributed by atoms with van der Waals surface area (Å²) in [5.41, 5.74) is 3.34. The van der Waals surface area contributed by atoms with E-state index in [1.54, 1.807) is 0 Å². The molecule has 1 aliphatic rings. The monoisotopic (exact) mass is 382 g/mol. The van der Waals surface area contributed by atoms with Crippen molar-refractivity contribution in [1.82, 2.24) is 0 Å². The molecule has 22 heavy (non-hydrogen) atoms. The Hall–Kier alpha value is -0.283. The van der Waals surface area contributed by atoms with Crippen LogP contribution < -0.4 is 4.43 Å². The summed E-state index contributed by atoms with van der Waals surface area (Å²) >= 11 is 3.76. The second kappa shape index (κ2) is 6.68. The minimum Gasteiger partial charge on any atom is -0.546 e. The van der Waals surface area contributed by atoms with E-state index < -0.39 is 9.04 Å². The van der Waals surface area contributed by atoms with Crippen molar-refractivity contribution < 1.29 is 4.43 Å². The maximum absolute atomic E-state index is 6.42. The van der Waals surface area contributed by atoms with Gasteiger partial charge in [-0.15, -0.1) is 0 Å². The van der Waals surface area contributed by atoms with Crippen molar-refractivity contribution >= 4 is 25.0 Å². The summed E-state index contributed by atoms with van der Waals surface area (Å²) < 4.78 is 7.55. The molecule has 0 unspecified atom stereocenters. The summed E-state index contributed by atoms with van der Waals surface area (Å²) in [6.07, 6.45) is 6.62. The molecule has 1 fully saturated rings. The number of benzene rings is 1. The Balaban J connectivity index is 2.67. The van der Waals surface area contributed by atoms with E-state index in [2.05, 4.69) is 68.9 Å². The molecule has 0 heterocycles. The Morgan fingerprint density at radius 3 is 2.18 bits per heavy atom. The lowest BCUT2D eigenvalue weighted by atomic mass is 9.66. The van der Waals surface area contributed by atoms with Gasteiger partial charge in [0, 0.05) is 5.56 Å². The quantitative estimate of drug-likeness (QED) is 0.554. The molecule has 0 amide bonds. The lowest BCUT2D eigenvalue weighted by Crippen LogP contribution is -2.31. The van der Waals surface area contributed by atoms with E-state index in [4.69, 9.17) is 4.43 Å². The van der Waals surface area contributed by atoms with Gasteiger partial charge in [0.05, 0.1) is 4.47 Å². The Morgan fingerprint density at radius 2 is 1.68 bits per heavy atom. The molecule has 0 atom stereocenters. The van der Waals surface area contributed by atoms with Crippen molar-refractivity contribution in [3.8, 4) is 5.75 Å². The highest BCUT2D eigenvalue weighted by molar-refractivity contribution is 9.10. The molecular formula is C19H31BrOSi. The third-order valence-corrected chi connectivity index (χ3v) is 6.16. The van der Waals surface area contributed by atoms with Crippen molar-refractivity contribution in [3.05, 3.63) is 27.7 Å². The molecule has 0 spiro atoms. The van der Waals surface area contributed by atoms with Gasteiger partial charge in [0.1, 0.15) is 5.75 Å². The van der Waals surface area contributed by atoms with E-state index in [0.717, 1.165) is 10.2 Å². The SMILES string of the molecule is C[SiH](C)Oc1c(Br)ccc(C(C)(C)C)c1C1(C)CCCCC1. The van der Waals surface area contributed by atoms with Crippen molar-refractivity contribution in [2.24, 2.45) is 0 Å². The van der Waals surface area contributed by atoms with Gasteiger partial charge in [0.15, 0.2) is 0 Å². The summed E-state index contributed by atoms with van der Waals surface area (Å²) in [6, 6.07) is 4.50. The maximum Gasteiger partial charge on any atom is 0.229 e. The molecule has 0 aliphatic heterocycles. The molecule has 1 aliphatic carbocycles. The average Bonchev–Trinajstić information content (AvgIpc) is 2.39. The van der Waals surface area contributed by atoms with Gasteiger partial charge in [-0.25, -0.2) is 0 Å². The van der Waals surface area contributed by atoms with Crippen LogP contribution in [0.15, 0.2) is 16.6 Å². The van der Waals surface area contributed by atoms with E-state index in [1.807, 2.05) is 0 Å².